The summed E-state index contributed by atoms with van der Waals surface area (Å²) in [4.78, 5) is 12.4. The lowest BCUT2D eigenvalue weighted by atomic mass is 9.96. The van der Waals surface area contributed by atoms with E-state index in [1.165, 1.54) is 12.1 Å². The van der Waals surface area contributed by atoms with Crippen LogP contribution in [0.15, 0.2) is 18.2 Å². The summed E-state index contributed by atoms with van der Waals surface area (Å²) in [6.07, 6.45) is 2.65. The third kappa shape index (κ3) is 2.93. The van der Waals surface area contributed by atoms with Gasteiger partial charge in [0, 0.05) is 6.04 Å². The second-order valence-corrected chi connectivity index (χ2v) is 6.61. The molecule has 1 fully saturated rings. The first-order chi connectivity index (χ1) is 11.6. The second kappa shape index (κ2) is 6.01. The van der Waals surface area contributed by atoms with Crippen LogP contribution in [0.25, 0.3) is 0 Å². The van der Waals surface area contributed by atoms with Crippen molar-refractivity contribution >= 4 is 18.1 Å². The van der Waals surface area contributed by atoms with Crippen LogP contribution in [0.1, 0.15) is 30.3 Å². The summed E-state index contributed by atoms with van der Waals surface area (Å²) in [5.74, 6) is 0.601. The van der Waals surface area contributed by atoms with Crippen LogP contribution in [-0.4, -0.2) is 27.3 Å². The molecule has 1 saturated carbocycles. The number of nitrogens with one attached hydrogen (secondary N) is 2. The first kappa shape index (κ1) is 15.3. The fraction of sp³-hybridized carbons (Fsp3) is 0.438. The molecule has 1 atom stereocenters. The Kier molecular flexibility index (Phi) is 3.84. The van der Waals surface area contributed by atoms with Gasteiger partial charge in [0.2, 0.25) is 5.91 Å². The van der Waals surface area contributed by atoms with Gasteiger partial charge in [0.25, 0.3) is 0 Å². The molecule has 0 spiro atoms. The highest BCUT2D eigenvalue weighted by molar-refractivity contribution is 7.71. The summed E-state index contributed by atoms with van der Waals surface area (Å²) in [5, 5.41) is 9.86. The van der Waals surface area contributed by atoms with Gasteiger partial charge in [-0.15, -0.1) is 0 Å². The molecule has 4 rings (SSSR count). The Morgan fingerprint density at radius 3 is 3.12 bits per heavy atom. The molecule has 8 heteroatoms. The van der Waals surface area contributed by atoms with Crippen LogP contribution in [0.3, 0.4) is 0 Å². The molecule has 0 radical (unpaired) electrons. The lowest BCUT2D eigenvalue weighted by molar-refractivity contribution is -0.126. The number of nitrogens with zero attached hydrogens (tertiary/aromatic N) is 2. The maximum atomic E-state index is 13.3. The predicted molar refractivity (Wildman–Crippen MR) is 86.6 cm³/mol. The minimum atomic E-state index is -0.337. The van der Waals surface area contributed by atoms with Crippen molar-refractivity contribution in [1.82, 2.24) is 20.1 Å². The zero-order valence-electron chi connectivity index (χ0n) is 12.9. The van der Waals surface area contributed by atoms with Gasteiger partial charge in [0.15, 0.2) is 10.6 Å². The summed E-state index contributed by atoms with van der Waals surface area (Å²) in [5.41, 5.74) is 0.724. The van der Waals surface area contributed by atoms with Crippen LogP contribution < -0.4 is 10.1 Å². The maximum Gasteiger partial charge on any atom is 0.227 e. The zero-order valence-corrected chi connectivity index (χ0v) is 13.7. The molecule has 2 aliphatic rings. The number of hydrogen-bond donors (Lipinski definition) is 2. The van der Waals surface area contributed by atoms with Gasteiger partial charge in [-0.3, -0.25) is 14.5 Å². The van der Waals surface area contributed by atoms with E-state index in [0.717, 1.165) is 24.2 Å². The van der Waals surface area contributed by atoms with Crippen LogP contribution in [0.4, 0.5) is 4.39 Å². The van der Waals surface area contributed by atoms with Crippen molar-refractivity contribution < 1.29 is 13.9 Å². The van der Waals surface area contributed by atoms with Crippen molar-refractivity contribution in [2.45, 2.75) is 31.8 Å². The Balaban J connectivity index is 1.41. The quantitative estimate of drug-likeness (QED) is 0.832. The fourth-order valence-electron chi connectivity index (χ4n) is 3.01. The molecule has 0 unspecified atom stereocenters. The average Bonchev–Trinajstić information content (AvgIpc) is 3.34. The molecule has 2 aromatic rings. The molecule has 1 aliphatic carbocycles. The number of carbonyl (C=O) groups is 1. The minimum Gasteiger partial charge on any atom is -0.492 e. The van der Waals surface area contributed by atoms with Crippen molar-refractivity contribution in [3.63, 3.8) is 0 Å². The van der Waals surface area contributed by atoms with E-state index in [0.29, 0.717) is 36.1 Å². The molecule has 126 valence electrons. The maximum absolute atomic E-state index is 13.3. The summed E-state index contributed by atoms with van der Waals surface area (Å²) in [7, 11) is 0. The Hall–Kier alpha value is -2.22. The number of aromatic nitrogens is 3. The third-order valence-electron chi connectivity index (χ3n) is 4.41. The summed E-state index contributed by atoms with van der Waals surface area (Å²) in [6.45, 7) is 0.606. The number of hydrogen-bond acceptors (Lipinski definition) is 4. The van der Waals surface area contributed by atoms with Crippen LogP contribution in [0.2, 0.25) is 0 Å². The molecule has 0 bridgehead atoms. The zero-order chi connectivity index (χ0) is 16.7. The highest BCUT2D eigenvalue weighted by atomic mass is 32.1. The number of amides is 1. The van der Waals surface area contributed by atoms with Gasteiger partial charge in [-0.2, -0.15) is 5.10 Å². The standard InChI is InChI=1S/C16H17FN4O2S/c17-11-1-4-13-9(6-11)5-10(8-23-13)15(22)18-7-14-19-20-16(24)21(14)12-2-3-12/h1,4,6,10,12H,2-3,5,7-8H2,(H,18,22)(H,20,24)/t10-/m1/s1. The molecule has 1 amide bonds. The highest BCUT2D eigenvalue weighted by Gasteiger charge is 2.29. The SMILES string of the molecule is O=C(NCc1n[nH]c(=S)n1C1CC1)[C@H]1COc2ccc(F)cc2C1. The molecule has 24 heavy (non-hydrogen) atoms. The number of ether oxygens (including phenoxy) is 1. The number of halogens is 1. The Morgan fingerprint density at radius 1 is 1.50 bits per heavy atom. The van der Waals surface area contributed by atoms with Gasteiger partial charge in [-0.1, -0.05) is 0 Å². The molecule has 1 aliphatic heterocycles. The van der Waals surface area contributed by atoms with Crippen molar-refractivity contribution in [3.05, 3.63) is 40.2 Å². The van der Waals surface area contributed by atoms with E-state index < -0.39 is 0 Å². The number of benzene rings is 1. The van der Waals surface area contributed by atoms with E-state index in [2.05, 4.69) is 15.5 Å². The monoisotopic (exact) mass is 348 g/mol. The Labute approximate surface area is 143 Å². The molecular formula is C16H17FN4O2S. The number of carbonyl (C=O) groups excluding carboxylic acids is 1. The number of aromatic amines is 1. The van der Waals surface area contributed by atoms with Crippen molar-refractivity contribution in [2.24, 2.45) is 5.92 Å². The van der Waals surface area contributed by atoms with Gasteiger partial charge in [0.1, 0.15) is 18.2 Å². The lowest BCUT2D eigenvalue weighted by Gasteiger charge is -2.24. The third-order valence-corrected chi connectivity index (χ3v) is 4.70. The van der Waals surface area contributed by atoms with E-state index >= 15 is 0 Å². The van der Waals surface area contributed by atoms with Crippen LogP contribution >= 0.6 is 12.2 Å². The van der Waals surface area contributed by atoms with Gasteiger partial charge < -0.3 is 10.1 Å². The van der Waals surface area contributed by atoms with Crippen LogP contribution in [0, 0.1) is 16.5 Å². The van der Waals surface area contributed by atoms with Gasteiger partial charge in [-0.25, -0.2) is 4.39 Å². The van der Waals surface area contributed by atoms with Gasteiger partial charge in [0.05, 0.1) is 12.5 Å². The van der Waals surface area contributed by atoms with Crippen molar-refractivity contribution in [3.8, 4) is 5.75 Å². The summed E-state index contributed by atoms with van der Waals surface area (Å²) in [6, 6.07) is 4.79. The summed E-state index contributed by atoms with van der Waals surface area (Å²) < 4.78 is 21.5. The predicted octanol–water partition coefficient (Wildman–Crippen LogP) is 2.28. The summed E-state index contributed by atoms with van der Waals surface area (Å²) >= 11 is 5.23. The van der Waals surface area contributed by atoms with Gasteiger partial charge in [-0.05, 0) is 55.2 Å². The fourth-order valence-corrected chi connectivity index (χ4v) is 3.31. The Morgan fingerprint density at radius 2 is 2.33 bits per heavy atom. The minimum absolute atomic E-state index is 0.124. The van der Waals surface area contributed by atoms with Crippen LogP contribution in [0.5, 0.6) is 5.75 Å². The van der Waals surface area contributed by atoms with Crippen molar-refractivity contribution in [2.75, 3.05) is 6.61 Å². The molecule has 2 N–H and O–H groups in total. The van der Waals surface area contributed by atoms with E-state index in [1.54, 1.807) is 6.07 Å². The smallest absolute Gasteiger partial charge is 0.227 e. The lowest BCUT2D eigenvalue weighted by Crippen LogP contribution is -2.37. The van der Waals surface area contributed by atoms with E-state index in [-0.39, 0.29) is 17.6 Å². The molecular weight excluding hydrogens is 331 g/mol. The molecule has 0 saturated heterocycles. The number of fused-ring (bicyclic) bond motifs is 1. The molecule has 1 aromatic carbocycles. The first-order valence-corrected chi connectivity index (χ1v) is 8.37. The van der Waals surface area contributed by atoms with Crippen LogP contribution in [-0.2, 0) is 17.8 Å². The first-order valence-electron chi connectivity index (χ1n) is 7.96. The highest BCUT2D eigenvalue weighted by Crippen LogP contribution is 2.35. The topological polar surface area (TPSA) is 71.9 Å². The average molecular weight is 348 g/mol. The molecule has 6 nitrogen and oxygen atoms in total. The Bertz CT molecular complexity index is 843. The normalized spacial score (nSPS) is 19.5. The number of H-pyrrole nitrogens is 1. The van der Waals surface area contributed by atoms with E-state index in [4.69, 9.17) is 17.0 Å². The molecule has 2 heterocycles. The second-order valence-electron chi connectivity index (χ2n) is 6.23. The number of rotatable bonds is 4. The van der Waals surface area contributed by atoms with Crippen molar-refractivity contribution in [1.29, 1.82) is 0 Å². The largest absolute Gasteiger partial charge is 0.492 e. The van der Waals surface area contributed by atoms with E-state index in [9.17, 15) is 9.18 Å². The van der Waals surface area contributed by atoms with E-state index in [1.807, 2.05) is 4.57 Å². The van der Waals surface area contributed by atoms with Gasteiger partial charge >= 0.3 is 0 Å². The molecule has 1 aromatic heterocycles.